The predicted octanol–water partition coefficient (Wildman–Crippen LogP) is -1.81. The molecule has 0 radical (unpaired) electrons. The van der Waals surface area contributed by atoms with Gasteiger partial charge in [-0.2, -0.15) is 0 Å². The van der Waals surface area contributed by atoms with E-state index < -0.39 is 12.1 Å². The monoisotopic (exact) mass is 120 g/mol. The summed E-state index contributed by atoms with van der Waals surface area (Å²) in [5.41, 5.74) is 2.25. The molecule has 0 saturated heterocycles. The Morgan fingerprint density at radius 3 is 2.25 bits per heavy atom. The van der Waals surface area contributed by atoms with E-state index in [2.05, 4.69) is 5.43 Å². The fourth-order valence-corrected chi connectivity index (χ4v) is 0.345. The molecule has 2 atom stereocenters. The summed E-state index contributed by atoms with van der Waals surface area (Å²) in [5.74, 6) is 4.91. The van der Waals surface area contributed by atoms with Crippen molar-refractivity contribution in [1.82, 2.24) is 5.43 Å². The first-order valence-electron chi connectivity index (χ1n) is 2.47. The van der Waals surface area contributed by atoms with Gasteiger partial charge in [-0.15, -0.1) is 0 Å². The quantitative estimate of drug-likeness (QED) is 0.261. The maximum atomic E-state index is 8.71. The SMILES string of the molecule is C[C@@H](O)[C@@H](CO)NN. The van der Waals surface area contributed by atoms with Crippen LogP contribution in [-0.4, -0.2) is 29.0 Å². The second-order valence-electron chi connectivity index (χ2n) is 1.70. The molecule has 4 heteroatoms. The third-order valence-electron chi connectivity index (χ3n) is 0.993. The van der Waals surface area contributed by atoms with Gasteiger partial charge in [0.05, 0.1) is 18.8 Å². The minimum absolute atomic E-state index is 0.145. The minimum Gasteiger partial charge on any atom is -0.395 e. The van der Waals surface area contributed by atoms with E-state index in [1.807, 2.05) is 0 Å². The fourth-order valence-electron chi connectivity index (χ4n) is 0.345. The second kappa shape index (κ2) is 3.80. The topological polar surface area (TPSA) is 78.5 Å². The van der Waals surface area contributed by atoms with Crippen LogP contribution in [0.2, 0.25) is 0 Å². The van der Waals surface area contributed by atoms with Gasteiger partial charge in [0.1, 0.15) is 0 Å². The molecule has 0 heterocycles. The summed E-state index contributed by atoms with van der Waals surface area (Å²) in [5, 5.41) is 17.1. The zero-order valence-corrected chi connectivity index (χ0v) is 4.83. The van der Waals surface area contributed by atoms with E-state index in [1.165, 1.54) is 0 Å². The van der Waals surface area contributed by atoms with E-state index in [-0.39, 0.29) is 6.61 Å². The van der Waals surface area contributed by atoms with Crippen molar-refractivity contribution in [2.45, 2.75) is 19.1 Å². The predicted molar refractivity (Wildman–Crippen MR) is 29.9 cm³/mol. The number of aliphatic hydroxyl groups is 2. The molecule has 0 fully saturated rings. The van der Waals surface area contributed by atoms with Crippen LogP contribution in [0.25, 0.3) is 0 Å². The van der Waals surface area contributed by atoms with Crippen molar-refractivity contribution in [3.05, 3.63) is 0 Å². The minimum atomic E-state index is -0.606. The van der Waals surface area contributed by atoms with Crippen LogP contribution < -0.4 is 11.3 Å². The third kappa shape index (κ3) is 2.23. The van der Waals surface area contributed by atoms with Crippen LogP contribution in [0.15, 0.2) is 0 Å². The summed E-state index contributed by atoms with van der Waals surface area (Å²) in [6, 6.07) is -0.407. The Morgan fingerprint density at radius 2 is 2.25 bits per heavy atom. The molecule has 5 N–H and O–H groups in total. The summed E-state index contributed by atoms with van der Waals surface area (Å²) in [7, 11) is 0. The van der Waals surface area contributed by atoms with Gasteiger partial charge in [-0.05, 0) is 6.92 Å². The summed E-state index contributed by atoms with van der Waals surface area (Å²) in [6.45, 7) is 1.41. The Bertz CT molecular complexity index is 54.0. The number of rotatable bonds is 3. The van der Waals surface area contributed by atoms with Gasteiger partial charge in [0, 0.05) is 0 Å². The zero-order chi connectivity index (χ0) is 6.57. The zero-order valence-electron chi connectivity index (χ0n) is 4.83. The largest absolute Gasteiger partial charge is 0.395 e. The Hall–Kier alpha value is -0.160. The summed E-state index contributed by atoms with van der Waals surface area (Å²) in [4.78, 5) is 0. The average Bonchev–Trinajstić information content (AvgIpc) is 1.69. The molecule has 8 heavy (non-hydrogen) atoms. The summed E-state index contributed by atoms with van der Waals surface area (Å²) in [6.07, 6.45) is -0.606. The lowest BCUT2D eigenvalue weighted by molar-refractivity contribution is 0.104. The molecule has 0 aromatic carbocycles. The third-order valence-corrected chi connectivity index (χ3v) is 0.993. The lowest BCUT2D eigenvalue weighted by atomic mass is 10.2. The van der Waals surface area contributed by atoms with Crippen molar-refractivity contribution in [2.24, 2.45) is 5.84 Å². The van der Waals surface area contributed by atoms with Crippen molar-refractivity contribution in [2.75, 3.05) is 6.61 Å². The van der Waals surface area contributed by atoms with E-state index in [1.54, 1.807) is 6.92 Å². The highest BCUT2D eigenvalue weighted by atomic mass is 16.3. The van der Waals surface area contributed by atoms with Crippen molar-refractivity contribution >= 4 is 0 Å². The fraction of sp³-hybridized carbons (Fsp3) is 1.00. The lowest BCUT2D eigenvalue weighted by Crippen LogP contribution is -2.45. The molecule has 50 valence electrons. The van der Waals surface area contributed by atoms with E-state index in [9.17, 15) is 0 Å². The molecule has 0 aliphatic carbocycles. The number of nitrogens with two attached hydrogens (primary N) is 1. The van der Waals surface area contributed by atoms with Crippen molar-refractivity contribution in [3.63, 3.8) is 0 Å². The van der Waals surface area contributed by atoms with E-state index in [4.69, 9.17) is 16.1 Å². The second-order valence-corrected chi connectivity index (χ2v) is 1.70. The Balaban J connectivity index is 3.35. The Kier molecular flexibility index (Phi) is 3.72. The van der Waals surface area contributed by atoms with Crippen LogP contribution in [0.5, 0.6) is 0 Å². The number of hydrogen-bond acceptors (Lipinski definition) is 4. The van der Waals surface area contributed by atoms with Gasteiger partial charge >= 0.3 is 0 Å². The molecule has 0 spiro atoms. The number of hydrazine groups is 1. The van der Waals surface area contributed by atoms with Gasteiger partial charge in [-0.25, -0.2) is 0 Å². The van der Waals surface area contributed by atoms with Gasteiger partial charge in [0.2, 0.25) is 0 Å². The molecular formula is C4H12N2O2. The highest BCUT2D eigenvalue weighted by Gasteiger charge is 2.09. The van der Waals surface area contributed by atoms with Gasteiger partial charge < -0.3 is 10.2 Å². The van der Waals surface area contributed by atoms with E-state index in [0.29, 0.717) is 0 Å². The highest BCUT2D eigenvalue weighted by Crippen LogP contribution is 1.86. The molecule has 0 aliphatic rings. The lowest BCUT2D eigenvalue weighted by Gasteiger charge is -2.14. The number of aliphatic hydroxyl groups excluding tert-OH is 2. The average molecular weight is 120 g/mol. The smallest absolute Gasteiger partial charge is 0.0700 e. The number of hydrogen-bond donors (Lipinski definition) is 4. The molecular weight excluding hydrogens is 108 g/mol. The van der Waals surface area contributed by atoms with Crippen LogP contribution >= 0.6 is 0 Å². The van der Waals surface area contributed by atoms with Crippen molar-refractivity contribution < 1.29 is 10.2 Å². The van der Waals surface area contributed by atoms with Crippen molar-refractivity contribution in [3.8, 4) is 0 Å². The highest BCUT2D eigenvalue weighted by molar-refractivity contribution is 4.66. The molecule has 0 aliphatic heterocycles. The van der Waals surface area contributed by atoms with Gasteiger partial charge in [0.25, 0.3) is 0 Å². The molecule has 0 unspecified atom stereocenters. The molecule has 0 aromatic rings. The van der Waals surface area contributed by atoms with Crippen LogP contribution in [0.4, 0.5) is 0 Å². The van der Waals surface area contributed by atoms with Crippen LogP contribution in [0, 0.1) is 0 Å². The first kappa shape index (κ1) is 7.84. The first-order valence-corrected chi connectivity index (χ1v) is 2.47. The molecule has 0 aromatic heterocycles. The van der Waals surface area contributed by atoms with Gasteiger partial charge in [-0.3, -0.25) is 11.3 Å². The standard InChI is InChI=1S/C4H12N2O2/c1-3(8)4(2-7)6-5/h3-4,6-8H,2,5H2,1H3/t3-,4-/m1/s1. The molecule has 0 rings (SSSR count). The van der Waals surface area contributed by atoms with Crippen LogP contribution in [0.1, 0.15) is 6.92 Å². The Morgan fingerprint density at radius 1 is 1.75 bits per heavy atom. The van der Waals surface area contributed by atoms with Gasteiger partial charge in [0.15, 0.2) is 0 Å². The number of nitrogens with one attached hydrogen (secondary N) is 1. The van der Waals surface area contributed by atoms with E-state index in [0.717, 1.165) is 0 Å². The van der Waals surface area contributed by atoms with Crippen LogP contribution in [-0.2, 0) is 0 Å². The summed E-state index contributed by atoms with van der Waals surface area (Å²) >= 11 is 0. The maximum absolute atomic E-state index is 8.71. The molecule has 0 saturated carbocycles. The van der Waals surface area contributed by atoms with E-state index >= 15 is 0 Å². The normalized spacial score (nSPS) is 18.0. The Labute approximate surface area is 48.3 Å². The molecule has 0 amide bonds. The first-order chi connectivity index (χ1) is 3.72. The van der Waals surface area contributed by atoms with Crippen molar-refractivity contribution in [1.29, 1.82) is 0 Å². The summed E-state index contributed by atoms with van der Waals surface area (Å²) < 4.78 is 0. The molecule has 0 bridgehead atoms. The maximum Gasteiger partial charge on any atom is 0.0700 e. The van der Waals surface area contributed by atoms with Gasteiger partial charge in [-0.1, -0.05) is 0 Å². The van der Waals surface area contributed by atoms with Crippen LogP contribution in [0.3, 0.4) is 0 Å². The molecule has 4 nitrogen and oxygen atoms in total.